The van der Waals surface area contributed by atoms with Crippen molar-refractivity contribution in [1.29, 1.82) is 0 Å². The van der Waals surface area contributed by atoms with Gasteiger partial charge in [-0.1, -0.05) is 67.4 Å². The zero-order chi connectivity index (χ0) is 28.7. The molecule has 208 valence electrons. The summed E-state index contributed by atoms with van der Waals surface area (Å²) in [7, 11) is -4.28. The van der Waals surface area contributed by atoms with Gasteiger partial charge < -0.3 is 10.2 Å². The largest absolute Gasteiger partial charge is 0.354 e. The molecule has 0 aromatic heterocycles. The van der Waals surface area contributed by atoms with Crippen molar-refractivity contribution in [2.75, 3.05) is 17.4 Å². The highest BCUT2D eigenvalue weighted by molar-refractivity contribution is 7.92. The minimum atomic E-state index is -4.28. The molecule has 11 heteroatoms. The lowest BCUT2D eigenvalue weighted by molar-refractivity contribution is -0.139. The molecule has 2 amide bonds. The predicted molar refractivity (Wildman–Crippen MR) is 152 cm³/mol. The number of anilines is 1. The van der Waals surface area contributed by atoms with Crippen molar-refractivity contribution in [2.24, 2.45) is 5.92 Å². The van der Waals surface area contributed by atoms with Gasteiger partial charge in [-0.3, -0.25) is 13.9 Å². The molecule has 0 fully saturated rings. The first-order valence-electron chi connectivity index (χ1n) is 12.2. The smallest absolute Gasteiger partial charge is 0.264 e. The molecule has 0 heterocycles. The molecule has 0 aliphatic heterocycles. The molecule has 0 spiro atoms. The molecular weight excluding hydrogens is 564 g/mol. The molecule has 7 nitrogen and oxygen atoms in total. The van der Waals surface area contributed by atoms with Crippen molar-refractivity contribution in [2.45, 2.75) is 38.3 Å². The van der Waals surface area contributed by atoms with E-state index in [2.05, 4.69) is 5.32 Å². The number of nitrogens with zero attached hydrogens (tertiary/aromatic N) is 2. The van der Waals surface area contributed by atoms with E-state index in [1.54, 1.807) is 25.1 Å². The van der Waals surface area contributed by atoms with Crippen molar-refractivity contribution < 1.29 is 22.4 Å². The zero-order valence-corrected chi connectivity index (χ0v) is 24.1. The normalized spacial score (nSPS) is 12.2. The Morgan fingerprint density at radius 3 is 2.21 bits per heavy atom. The summed E-state index contributed by atoms with van der Waals surface area (Å²) in [6.45, 7) is 5.10. The van der Waals surface area contributed by atoms with E-state index in [1.165, 1.54) is 59.5 Å². The van der Waals surface area contributed by atoms with Crippen LogP contribution in [0.15, 0.2) is 77.7 Å². The number of benzene rings is 3. The van der Waals surface area contributed by atoms with E-state index in [1.807, 2.05) is 13.8 Å². The Morgan fingerprint density at radius 2 is 1.59 bits per heavy atom. The van der Waals surface area contributed by atoms with Crippen LogP contribution in [0.4, 0.5) is 10.1 Å². The van der Waals surface area contributed by atoms with Crippen LogP contribution in [-0.4, -0.2) is 44.3 Å². The Bertz CT molecular complexity index is 1400. The van der Waals surface area contributed by atoms with Gasteiger partial charge in [-0.05, 0) is 60.9 Å². The molecule has 3 aromatic carbocycles. The van der Waals surface area contributed by atoms with Crippen LogP contribution in [-0.2, 0) is 26.2 Å². The fourth-order valence-electron chi connectivity index (χ4n) is 3.73. The van der Waals surface area contributed by atoms with Gasteiger partial charge in [0.2, 0.25) is 11.8 Å². The van der Waals surface area contributed by atoms with E-state index in [-0.39, 0.29) is 33.1 Å². The molecule has 1 N–H and O–H groups in total. The lowest BCUT2D eigenvalue weighted by Gasteiger charge is -2.32. The number of nitrogens with one attached hydrogen (secondary N) is 1. The molecule has 0 aliphatic carbocycles. The van der Waals surface area contributed by atoms with Crippen molar-refractivity contribution in [3.63, 3.8) is 0 Å². The number of carbonyl (C=O) groups excluding carboxylic acids is 2. The lowest BCUT2D eigenvalue weighted by Crippen LogP contribution is -2.51. The van der Waals surface area contributed by atoms with Gasteiger partial charge in [0.15, 0.2) is 0 Å². The predicted octanol–water partition coefficient (Wildman–Crippen LogP) is 5.52. The first kappa shape index (κ1) is 30.4. The van der Waals surface area contributed by atoms with Gasteiger partial charge in [-0.25, -0.2) is 12.8 Å². The third kappa shape index (κ3) is 7.94. The summed E-state index contributed by atoms with van der Waals surface area (Å²) in [5.41, 5.74) is 0.575. The van der Waals surface area contributed by atoms with Crippen LogP contribution in [0.3, 0.4) is 0 Å². The number of hydrogen-bond donors (Lipinski definition) is 1. The van der Waals surface area contributed by atoms with Crippen LogP contribution in [0.5, 0.6) is 0 Å². The number of rotatable bonds is 11. The third-order valence-corrected chi connectivity index (χ3v) is 8.23. The fraction of sp³-hybridized carbons (Fsp3) is 0.286. The third-order valence-electron chi connectivity index (χ3n) is 5.90. The average molecular weight is 595 g/mol. The summed E-state index contributed by atoms with van der Waals surface area (Å²) < 4.78 is 41.9. The van der Waals surface area contributed by atoms with E-state index in [4.69, 9.17) is 23.2 Å². The zero-order valence-electron chi connectivity index (χ0n) is 21.8. The van der Waals surface area contributed by atoms with Crippen LogP contribution in [0.2, 0.25) is 10.0 Å². The maximum absolute atomic E-state index is 13.8. The Balaban J connectivity index is 2.03. The van der Waals surface area contributed by atoms with Crippen LogP contribution in [0.25, 0.3) is 0 Å². The molecule has 1 atom stereocenters. The van der Waals surface area contributed by atoms with Crippen LogP contribution in [0.1, 0.15) is 26.3 Å². The highest BCUT2D eigenvalue weighted by Crippen LogP contribution is 2.33. The number of amides is 2. The minimum absolute atomic E-state index is 0.0139. The van der Waals surface area contributed by atoms with E-state index in [0.717, 1.165) is 4.31 Å². The van der Waals surface area contributed by atoms with Gasteiger partial charge >= 0.3 is 0 Å². The summed E-state index contributed by atoms with van der Waals surface area (Å²) in [6, 6.07) is 16.5. The molecule has 0 aliphatic rings. The monoisotopic (exact) mass is 593 g/mol. The van der Waals surface area contributed by atoms with Gasteiger partial charge in [0, 0.05) is 18.1 Å². The van der Waals surface area contributed by atoms with E-state index < -0.39 is 40.2 Å². The van der Waals surface area contributed by atoms with E-state index >= 15 is 0 Å². The van der Waals surface area contributed by atoms with Crippen LogP contribution in [0, 0.1) is 11.7 Å². The van der Waals surface area contributed by atoms with Gasteiger partial charge in [0.25, 0.3) is 10.0 Å². The summed E-state index contributed by atoms with van der Waals surface area (Å²) in [5, 5.41) is 3.10. The molecule has 3 rings (SSSR count). The van der Waals surface area contributed by atoms with Crippen molar-refractivity contribution in [3.05, 3.63) is 94.2 Å². The Labute approximate surface area is 238 Å². The fourth-order valence-corrected chi connectivity index (χ4v) is 5.61. The highest BCUT2D eigenvalue weighted by atomic mass is 35.5. The average Bonchev–Trinajstić information content (AvgIpc) is 2.91. The molecule has 3 aromatic rings. The number of carbonyl (C=O) groups is 2. The molecule has 0 saturated carbocycles. The van der Waals surface area contributed by atoms with Crippen molar-refractivity contribution in [3.8, 4) is 0 Å². The van der Waals surface area contributed by atoms with Crippen molar-refractivity contribution >= 4 is 50.7 Å². The van der Waals surface area contributed by atoms with Gasteiger partial charge in [0.05, 0.1) is 15.6 Å². The van der Waals surface area contributed by atoms with E-state index in [0.29, 0.717) is 12.1 Å². The first-order chi connectivity index (χ1) is 18.4. The van der Waals surface area contributed by atoms with Gasteiger partial charge in [-0.15, -0.1) is 0 Å². The Morgan fingerprint density at radius 1 is 0.949 bits per heavy atom. The second kappa shape index (κ2) is 13.3. The lowest BCUT2D eigenvalue weighted by atomic mass is 10.1. The van der Waals surface area contributed by atoms with Crippen LogP contribution >= 0.6 is 23.2 Å². The second-order valence-corrected chi connectivity index (χ2v) is 12.1. The van der Waals surface area contributed by atoms with Crippen molar-refractivity contribution in [1.82, 2.24) is 10.2 Å². The molecule has 0 bridgehead atoms. The maximum Gasteiger partial charge on any atom is 0.264 e. The molecule has 0 radical (unpaired) electrons. The minimum Gasteiger partial charge on any atom is -0.354 e. The SMILES string of the molecule is CC(C)CNC(=O)[C@H](C)N(Cc1ccc(F)cc1)C(=O)CN(c1cc(Cl)ccc1Cl)S(=O)(=O)c1ccccc1. The number of halogens is 3. The molecular formula is C28H30Cl2FN3O4S. The quantitative estimate of drug-likeness (QED) is 0.317. The summed E-state index contributed by atoms with van der Waals surface area (Å²) in [4.78, 5) is 28.0. The summed E-state index contributed by atoms with van der Waals surface area (Å²) in [5.74, 6) is -1.34. The maximum atomic E-state index is 13.8. The standard InChI is InChI=1S/C28H30Cl2FN3O4S/c1-19(2)16-32-28(36)20(3)33(17-21-9-12-23(31)13-10-21)27(35)18-34(26-15-22(29)11-14-25(26)30)39(37,38)24-7-5-4-6-8-24/h4-15,19-20H,16-18H2,1-3H3,(H,32,36)/t20-/m0/s1. The second-order valence-electron chi connectivity index (χ2n) is 9.38. The Hall–Kier alpha value is -3.14. The first-order valence-corrected chi connectivity index (χ1v) is 14.4. The Kier molecular flexibility index (Phi) is 10.4. The number of hydrogen-bond acceptors (Lipinski definition) is 4. The molecule has 0 unspecified atom stereocenters. The van der Waals surface area contributed by atoms with Gasteiger partial charge in [0.1, 0.15) is 18.4 Å². The summed E-state index contributed by atoms with van der Waals surface area (Å²) in [6.07, 6.45) is 0. The topological polar surface area (TPSA) is 86.8 Å². The number of sulfonamides is 1. The molecule has 39 heavy (non-hydrogen) atoms. The highest BCUT2D eigenvalue weighted by Gasteiger charge is 2.33. The molecule has 0 saturated heterocycles. The summed E-state index contributed by atoms with van der Waals surface area (Å²) >= 11 is 12.6. The van der Waals surface area contributed by atoms with Crippen LogP contribution < -0.4 is 9.62 Å². The van der Waals surface area contributed by atoms with E-state index in [9.17, 15) is 22.4 Å². The van der Waals surface area contributed by atoms with Gasteiger partial charge in [-0.2, -0.15) is 0 Å².